The molecule has 4 heteroatoms. The maximum Gasteiger partial charge on any atom is 0.209 e. The second kappa shape index (κ2) is 8.48. The number of aliphatic hydroxyl groups excluding tert-OH is 1. The van der Waals surface area contributed by atoms with E-state index in [1.165, 1.54) is 6.42 Å². The van der Waals surface area contributed by atoms with Gasteiger partial charge in [-0.25, -0.2) is 0 Å². The van der Waals surface area contributed by atoms with Gasteiger partial charge in [0.25, 0.3) is 0 Å². The van der Waals surface area contributed by atoms with Crippen LogP contribution in [0.2, 0.25) is 0 Å². The Morgan fingerprint density at radius 3 is 2.33 bits per heavy atom. The van der Waals surface area contributed by atoms with E-state index in [1.54, 1.807) is 7.11 Å². The predicted molar refractivity (Wildman–Crippen MR) is 73.4 cm³/mol. The molecule has 0 spiro atoms. The van der Waals surface area contributed by atoms with Gasteiger partial charge in [0.2, 0.25) is 6.41 Å². The zero-order valence-corrected chi connectivity index (χ0v) is 12.5. The summed E-state index contributed by atoms with van der Waals surface area (Å²) in [6.45, 7) is 9.26. The summed E-state index contributed by atoms with van der Waals surface area (Å²) in [4.78, 5) is 12.5. The number of nitrogens with zero attached hydrogens (tertiary/aromatic N) is 1. The molecule has 1 heterocycles. The van der Waals surface area contributed by atoms with Crippen molar-refractivity contribution < 1.29 is 14.6 Å². The monoisotopic (exact) mass is 259 g/mol. The summed E-state index contributed by atoms with van der Waals surface area (Å²) in [6, 6.07) is 0.281. The molecule has 1 saturated heterocycles. The average Bonchev–Trinajstić information content (AvgIpc) is 2.31. The van der Waals surface area contributed by atoms with E-state index in [0.29, 0.717) is 5.92 Å². The molecule has 1 fully saturated rings. The molecule has 2 atom stereocenters. The fourth-order valence-corrected chi connectivity index (χ4v) is 1.83. The highest BCUT2D eigenvalue weighted by Gasteiger charge is 2.23. The molecule has 1 aliphatic rings. The topological polar surface area (TPSA) is 49.8 Å². The van der Waals surface area contributed by atoms with E-state index in [1.807, 2.05) is 25.7 Å². The van der Waals surface area contributed by atoms with Crippen LogP contribution in [0.3, 0.4) is 0 Å². The molecule has 1 aliphatic heterocycles. The molecule has 1 rings (SSSR count). The molecule has 0 saturated carbocycles. The first-order valence-corrected chi connectivity index (χ1v) is 6.71. The number of ether oxygens (including phenoxy) is 1. The number of carbonyl (C=O) groups is 1. The minimum Gasteiger partial charge on any atom is -0.396 e. The van der Waals surface area contributed by atoms with Gasteiger partial charge in [0.1, 0.15) is 0 Å². The van der Waals surface area contributed by atoms with Crippen LogP contribution in [-0.4, -0.2) is 48.3 Å². The fraction of sp³-hybridized carbons (Fsp3) is 0.929. The summed E-state index contributed by atoms with van der Waals surface area (Å²) in [5, 5.41) is 8.76. The van der Waals surface area contributed by atoms with Gasteiger partial charge in [0.05, 0.1) is 5.60 Å². The van der Waals surface area contributed by atoms with Crippen LogP contribution in [0.5, 0.6) is 0 Å². The summed E-state index contributed by atoms with van der Waals surface area (Å²) in [5.41, 5.74) is 0.0417. The van der Waals surface area contributed by atoms with Gasteiger partial charge in [0.15, 0.2) is 0 Å². The van der Waals surface area contributed by atoms with Crippen LogP contribution in [-0.2, 0) is 9.53 Å². The predicted octanol–water partition coefficient (Wildman–Crippen LogP) is 2.06. The number of piperidine rings is 1. The molecule has 0 aromatic heterocycles. The average molecular weight is 259 g/mol. The van der Waals surface area contributed by atoms with Gasteiger partial charge in [-0.05, 0) is 46.0 Å². The van der Waals surface area contributed by atoms with Crippen LogP contribution < -0.4 is 0 Å². The number of amides is 1. The summed E-state index contributed by atoms with van der Waals surface area (Å²) >= 11 is 0. The standard InChI is InChI=1S/C9H17NO2.C5H12O/c1-8-2-3-9(4-5-11)10(6-8)7-12;1-5(2,3)6-4/h7-9,11H,2-6H2,1H3;1-4H3/t8-,9-;/m1./s1. The smallest absolute Gasteiger partial charge is 0.209 e. The van der Waals surface area contributed by atoms with Crippen LogP contribution >= 0.6 is 0 Å². The van der Waals surface area contributed by atoms with Crippen molar-refractivity contribution >= 4 is 6.41 Å². The molecule has 18 heavy (non-hydrogen) atoms. The first-order chi connectivity index (χ1) is 8.34. The highest BCUT2D eigenvalue weighted by molar-refractivity contribution is 5.48. The lowest BCUT2D eigenvalue weighted by Gasteiger charge is -2.35. The van der Waals surface area contributed by atoms with Crippen molar-refractivity contribution in [1.29, 1.82) is 0 Å². The van der Waals surface area contributed by atoms with E-state index < -0.39 is 0 Å². The largest absolute Gasteiger partial charge is 0.396 e. The maximum absolute atomic E-state index is 10.6. The van der Waals surface area contributed by atoms with Crippen LogP contribution in [0.15, 0.2) is 0 Å². The van der Waals surface area contributed by atoms with E-state index in [9.17, 15) is 4.79 Å². The van der Waals surface area contributed by atoms with Gasteiger partial charge in [-0.3, -0.25) is 4.79 Å². The summed E-state index contributed by atoms with van der Waals surface area (Å²) in [5.74, 6) is 0.616. The van der Waals surface area contributed by atoms with Crippen LogP contribution in [0.1, 0.15) is 47.0 Å². The molecule has 0 aromatic carbocycles. The van der Waals surface area contributed by atoms with Gasteiger partial charge < -0.3 is 14.7 Å². The second-order valence-corrected chi connectivity index (χ2v) is 5.97. The lowest BCUT2D eigenvalue weighted by atomic mass is 9.93. The van der Waals surface area contributed by atoms with Gasteiger partial charge in [-0.15, -0.1) is 0 Å². The first-order valence-electron chi connectivity index (χ1n) is 6.71. The lowest BCUT2D eigenvalue weighted by molar-refractivity contribution is -0.122. The van der Waals surface area contributed by atoms with Crippen molar-refractivity contribution in [3.8, 4) is 0 Å². The normalized spacial score (nSPS) is 24.2. The zero-order valence-electron chi connectivity index (χ0n) is 12.5. The Morgan fingerprint density at radius 1 is 1.39 bits per heavy atom. The first kappa shape index (κ1) is 17.4. The van der Waals surface area contributed by atoms with Crippen molar-refractivity contribution in [3.05, 3.63) is 0 Å². The second-order valence-electron chi connectivity index (χ2n) is 5.97. The van der Waals surface area contributed by atoms with E-state index in [0.717, 1.165) is 25.8 Å². The van der Waals surface area contributed by atoms with E-state index in [2.05, 4.69) is 6.92 Å². The van der Waals surface area contributed by atoms with Crippen LogP contribution in [0.25, 0.3) is 0 Å². The van der Waals surface area contributed by atoms with Crippen molar-refractivity contribution in [2.45, 2.75) is 58.6 Å². The van der Waals surface area contributed by atoms with Crippen molar-refractivity contribution in [2.75, 3.05) is 20.3 Å². The number of methoxy groups -OCH3 is 1. The Labute approximate surface area is 111 Å². The van der Waals surface area contributed by atoms with Crippen molar-refractivity contribution in [3.63, 3.8) is 0 Å². The number of carbonyl (C=O) groups excluding carboxylic acids is 1. The Hall–Kier alpha value is -0.610. The quantitative estimate of drug-likeness (QED) is 0.789. The van der Waals surface area contributed by atoms with Gasteiger partial charge in [-0.2, -0.15) is 0 Å². The summed E-state index contributed by atoms with van der Waals surface area (Å²) < 4.78 is 4.94. The highest BCUT2D eigenvalue weighted by atomic mass is 16.5. The molecule has 4 nitrogen and oxygen atoms in total. The summed E-state index contributed by atoms with van der Waals surface area (Å²) in [7, 11) is 1.71. The molecule has 1 amide bonds. The van der Waals surface area contributed by atoms with E-state index in [4.69, 9.17) is 9.84 Å². The molecule has 1 N–H and O–H groups in total. The van der Waals surface area contributed by atoms with Crippen LogP contribution in [0, 0.1) is 5.92 Å². The lowest BCUT2D eigenvalue weighted by Crippen LogP contribution is -2.42. The molecular formula is C14H29NO3. The molecule has 0 radical (unpaired) electrons. The molecule has 108 valence electrons. The van der Waals surface area contributed by atoms with Crippen molar-refractivity contribution in [1.82, 2.24) is 4.90 Å². The number of aliphatic hydroxyl groups is 1. The van der Waals surface area contributed by atoms with E-state index in [-0.39, 0.29) is 18.2 Å². The van der Waals surface area contributed by atoms with Gasteiger partial charge in [-0.1, -0.05) is 6.92 Å². The minimum atomic E-state index is 0.0417. The van der Waals surface area contributed by atoms with Crippen LogP contribution in [0.4, 0.5) is 0 Å². The zero-order chi connectivity index (χ0) is 14.2. The van der Waals surface area contributed by atoms with Gasteiger partial charge >= 0.3 is 0 Å². The third-order valence-electron chi connectivity index (χ3n) is 3.19. The minimum absolute atomic E-state index is 0.0417. The van der Waals surface area contributed by atoms with Gasteiger partial charge in [0, 0.05) is 26.3 Å². The highest BCUT2D eigenvalue weighted by Crippen LogP contribution is 2.21. The Bertz CT molecular complexity index is 226. The third kappa shape index (κ3) is 7.67. The number of hydrogen-bond acceptors (Lipinski definition) is 3. The Balaban J connectivity index is 0.000000411. The van der Waals surface area contributed by atoms with Crippen molar-refractivity contribution in [2.24, 2.45) is 5.92 Å². The Morgan fingerprint density at radius 2 is 1.94 bits per heavy atom. The molecule has 0 aliphatic carbocycles. The fourth-order valence-electron chi connectivity index (χ4n) is 1.83. The Kier molecular flexibility index (Phi) is 8.20. The molecule has 0 bridgehead atoms. The number of hydrogen-bond donors (Lipinski definition) is 1. The third-order valence-corrected chi connectivity index (χ3v) is 3.19. The van der Waals surface area contributed by atoms with E-state index >= 15 is 0 Å². The summed E-state index contributed by atoms with van der Waals surface area (Å²) in [6.07, 6.45) is 3.86. The number of likely N-dealkylation sites (tertiary alicyclic amines) is 1. The molecule has 0 unspecified atom stereocenters. The molecule has 0 aromatic rings. The molecular weight excluding hydrogens is 230 g/mol. The SMILES string of the molecule is COC(C)(C)C.C[C@@H]1CC[C@H](CCO)N(C=O)C1. The maximum atomic E-state index is 10.6. The number of rotatable bonds is 3.